The maximum atomic E-state index is 12.4. The standard InChI is InChI=1S/C18H17N9O/c1-12-6-5-7-13(2)17(12)20-16(28)10-27-22-18(21-24-27)14-8-3-4-9-15(14)26-11-19-23-25-26/h3-9,11H,10H2,1-2H3,(H,20,28). The third kappa shape index (κ3) is 3.47. The molecule has 0 saturated heterocycles. The van der Waals surface area contributed by atoms with Crippen LogP contribution in [0.4, 0.5) is 5.69 Å². The number of carbonyl (C=O) groups excluding carboxylic acids is 1. The molecule has 2 heterocycles. The Morgan fingerprint density at radius 3 is 2.57 bits per heavy atom. The number of aromatic nitrogens is 8. The summed E-state index contributed by atoms with van der Waals surface area (Å²) in [6.45, 7) is 3.85. The molecule has 1 amide bonds. The number of hydrogen-bond donors (Lipinski definition) is 1. The minimum absolute atomic E-state index is 0.0478. The van der Waals surface area contributed by atoms with Gasteiger partial charge >= 0.3 is 0 Å². The summed E-state index contributed by atoms with van der Waals surface area (Å²) in [6, 6.07) is 13.3. The lowest BCUT2D eigenvalue weighted by atomic mass is 10.1. The summed E-state index contributed by atoms with van der Waals surface area (Å²) in [4.78, 5) is 13.7. The molecule has 0 bridgehead atoms. The first kappa shape index (κ1) is 17.5. The smallest absolute Gasteiger partial charge is 0.248 e. The molecule has 4 aromatic rings. The van der Waals surface area contributed by atoms with Crippen LogP contribution >= 0.6 is 0 Å². The Labute approximate surface area is 160 Å². The highest BCUT2D eigenvalue weighted by Gasteiger charge is 2.15. The van der Waals surface area contributed by atoms with Crippen molar-refractivity contribution in [3.05, 3.63) is 59.9 Å². The average Bonchev–Trinajstić information content (AvgIpc) is 3.37. The van der Waals surface area contributed by atoms with Gasteiger partial charge in [-0.25, -0.2) is 0 Å². The molecule has 140 valence electrons. The van der Waals surface area contributed by atoms with Crippen molar-refractivity contribution in [2.24, 2.45) is 0 Å². The molecule has 10 heteroatoms. The minimum atomic E-state index is -0.227. The van der Waals surface area contributed by atoms with E-state index in [0.29, 0.717) is 17.1 Å². The zero-order chi connectivity index (χ0) is 19.5. The van der Waals surface area contributed by atoms with Crippen LogP contribution in [-0.2, 0) is 11.3 Å². The van der Waals surface area contributed by atoms with E-state index < -0.39 is 0 Å². The van der Waals surface area contributed by atoms with Crippen LogP contribution in [0.1, 0.15) is 11.1 Å². The largest absolute Gasteiger partial charge is 0.324 e. The number of anilines is 1. The number of rotatable bonds is 5. The second-order valence-corrected chi connectivity index (χ2v) is 6.23. The van der Waals surface area contributed by atoms with E-state index in [2.05, 4.69) is 36.3 Å². The van der Waals surface area contributed by atoms with E-state index in [1.807, 2.05) is 56.3 Å². The molecular formula is C18H17N9O. The molecule has 0 fully saturated rings. The van der Waals surface area contributed by atoms with Gasteiger partial charge in [0.1, 0.15) is 12.9 Å². The molecule has 0 aliphatic heterocycles. The molecule has 0 unspecified atom stereocenters. The maximum absolute atomic E-state index is 12.4. The molecule has 10 nitrogen and oxygen atoms in total. The first-order chi connectivity index (χ1) is 13.6. The van der Waals surface area contributed by atoms with Gasteiger partial charge in [-0.2, -0.15) is 9.48 Å². The van der Waals surface area contributed by atoms with Crippen molar-refractivity contribution in [2.75, 3.05) is 5.32 Å². The maximum Gasteiger partial charge on any atom is 0.248 e. The van der Waals surface area contributed by atoms with E-state index in [1.165, 1.54) is 15.8 Å². The number of nitrogens with zero attached hydrogens (tertiary/aromatic N) is 8. The van der Waals surface area contributed by atoms with Gasteiger partial charge in [0.15, 0.2) is 0 Å². The molecule has 0 radical (unpaired) electrons. The fourth-order valence-corrected chi connectivity index (χ4v) is 2.87. The van der Waals surface area contributed by atoms with Crippen LogP contribution in [-0.4, -0.2) is 46.3 Å². The molecule has 4 rings (SSSR count). The molecule has 0 atom stereocenters. The minimum Gasteiger partial charge on any atom is -0.324 e. The summed E-state index contributed by atoms with van der Waals surface area (Å²) in [5, 5.41) is 26.5. The number of para-hydroxylation sites is 2. The second kappa shape index (κ2) is 7.35. The third-order valence-electron chi connectivity index (χ3n) is 4.22. The average molecular weight is 375 g/mol. The zero-order valence-electron chi connectivity index (χ0n) is 15.3. The zero-order valence-corrected chi connectivity index (χ0v) is 15.3. The van der Waals surface area contributed by atoms with Gasteiger partial charge < -0.3 is 5.32 Å². The van der Waals surface area contributed by atoms with Crippen LogP contribution in [0.2, 0.25) is 0 Å². The van der Waals surface area contributed by atoms with Crippen molar-refractivity contribution in [3.8, 4) is 17.1 Å². The predicted molar refractivity (Wildman–Crippen MR) is 101 cm³/mol. The van der Waals surface area contributed by atoms with E-state index in [0.717, 1.165) is 16.8 Å². The number of aryl methyl sites for hydroxylation is 2. The fraction of sp³-hybridized carbons (Fsp3) is 0.167. The first-order valence-corrected chi connectivity index (χ1v) is 8.58. The lowest BCUT2D eigenvalue weighted by molar-refractivity contribution is -0.117. The Morgan fingerprint density at radius 1 is 1.04 bits per heavy atom. The van der Waals surface area contributed by atoms with Crippen LogP contribution in [0.15, 0.2) is 48.8 Å². The highest BCUT2D eigenvalue weighted by atomic mass is 16.2. The molecule has 2 aromatic heterocycles. The number of tetrazole rings is 2. The normalized spacial score (nSPS) is 10.8. The second-order valence-electron chi connectivity index (χ2n) is 6.23. The van der Waals surface area contributed by atoms with Gasteiger partial charge in [0.05, 0.1) is 5.69 Å². The summed E-state index contributed by atoms with van der Waals surface area (Å²) >= 11 is 0. The summed E-state index contributed by atoms with van der Waals surface area (Å²) in [5.74, 6) is 0.154. The Balaban J connectivity index is 1.54. The number of nitrogens with one attached hydrogen (secondary N) is 1. The first-order valence-electron chi connectivity index (χ1n) is 8.58. The molecule has 0 spiro atoms. The van der Waals surface area contributed by atoms with Gasteiger partial charge in [-0.3, -0.25) is 4.79 Å². The van der Waals surface area contributed by atoms with Gasteiger partial charge in [-0.15, -0.1) is 15.3 Å². The van der Waals surface area contributed by atoms with Crippen molar-refractivity contribution in [1.29, 1.82) is 0 Å². The lowest BCUT2D eigenvalue weighted by Crippen LogP contribution is -2.21. The summed E-state index contributed by atoms with van der Waals surface area (Å²) in [5.41, 5.74) is 4.21. The van der Waals surface area contributed by atoms with Crippen LogP contribution in [0.5, 0.6) is 0 Å². The van der Waals surface area contributed by atoms with Crippen molar-refractivity contribution in [1.82, 2.24) is 40.4 Å². The quantitative estimate of drug-likeness (QED) is 0.563. The Morgan fingerprint density at radius 2 is 1.82 bits per heavy atom. The molecule has 1 N–H and O–H groups in total. The van der Waals surface area contributed by atoms with Crippen molar-refractivity contribution >= 4 is 11.6 Å². The predicted octanol–water partition coefficient (Wildman–Crippen LogP) is 1.57. The van der Waals surface area contributed by atoms with Crippen LogP contribution < -0.4 is 5.32 Å². The van der Waals surface area contributed by atoms with Crippen molar-refractivity contribution in [2.45, 2.75) is 20.4 Å². The molecular weight excluding hydrogens is 358 g/mol. The van der Waals surface area contributed by atoms with Gasteiger partial charge in [0, 0.05) is 11.3 Å². The van der Waals surface area contributed by atoms with Crippen LogP contribution in [0, 0.1) is 13.8 Å². The van der Waals surface area contributed by atoms with Crippen molar-refractivity contribution in [3.63, 3.8) is 0 Å². The van der Waals surface area contributed by atoms with Gasteiger partial charge in [-0.05, 0) is 52.7 Å². The van der Waals surface area contributed by atoms with E-state index in [9.17, 15) is 4.79 Å². The van der Waals surface area contributed by atoms with E-state index >= 15 is 0 Å². The Kier molecular flexibility index (Phi) is 4.58. The highest BCUT2D eigenvalue weighted by molar-refractivity contribution is 5.92. The molecule has 2 aromatic carbocycles. The van der Waals surface area contributed by atoms with Crippen LogP contribution in [0.3, 0.4) is 0 Å². The molecule has 28 heavy (non-hydrogen) atoms. The summed E-state index contributed by atoms with van der Waals surface area (Å²) in [6.07, 6.45) is 1.49. The van der Waals surface area contributed by atoms with Gasteiger partial charge in [0.2, 0.25) is 11.7 Å². The van der Waals surface area contributed by atoms with Crippen molar-refractivity contribution < 1.29 is 4.79 Å². The molecule has 0 aliphatic rings. The lowest BCUT2D eigenvalue weighted by Gasteiger charge is -2.10. The molecule has 0 aliphatic carbocycles. The van der Waals surface area contributed by atoms with Gasteiger partial charge in [-0.1, -0.05) is 30.3 Å². The van der Waals surface area contributed by atoms with Gasteiger partial charge in [0.25, 0.3) is 0 Å². The van der Waals surface area contributed by atoms with E-state index in [-0.39, 0.29) is 12.5 Å². The Hall–Kier alpha value is -3.95. The highest BCUT2D eigenvalue weighted by Crippen LogP contribution is 2.22. The summed E-state index contributed by atoms with van der Waals surface area (Å²) < 4.78 is 1.52. The van der Waals surface area contributed by atoms with E-state index in [4.69, 9.17) is 0 Å². The van der Waals surface area contributed by atoms with E-state index in [1.54, 1.807) is 0 Å². The SMILES string of the molecule is Cc1cccc(C)c1NC(=O)Cn1nnc(-c2ccccc2-n2cnnn2)n1. The summed E-state index contributed by atoms with van der Waals surface area (Å²) in [7, 11) is 0. The topological polar surface area (TPSA) is 116 Å². The van der Waals surface area contributed by atoms with Crippen LogP contribution in [0.25, 0.3) is 17.1 Å². The number of amides is 1. The fourth-order valence-electron chi connectivity index (χ4n) is 2.87. The number of benzene rings is 2. The third-order valence-corrected chi connectivity index (χ3v) is 4.22. The molecule has 0 saturated carbocycles. The Bertz CT molecular complexity index is 1100. The number of carbonyl (C=O) groups is 1. The number of hydrogen-bond acceptors (Lipinski definition) is 7. The monoisotopic (exact) mass is 375 g/mol.